The van der Waals surface area contributed by atoms with Gasteiger partial charge in [0.15, 0.2) is 0 Å². The summed E-state index contributed by atoms with van der Waals surface area (Å²) in [6, 6.07) is 3.55. The topological polar surface area (TPSA) is 55.5 Å². The van der Waals surface area contributed by atoms with E-state index in [0.29, 0.717) is 10.9 Å². The summed E-state index contributed by atoms with van der Waals surface area (Å²) in [6.07, 6.45) is 1.61. The summed E-state index contributed by atoms with van der Waals surface area (Å²) in [7, 11) is 1.61. The Hall–Kier alpha value is -0.740. The fourth-order valence-electron chi connectivity index (χ4n) is 1.36. The fraction of sp³-hybridized carbons (Fsp3) is 0.455. The Morgan fingerprint density at radius 1 is 1.53 bits per heavy atom. The summed E-state index contributed by atoms with van der Waals surface area (Å²) < 4.78 is 5.86. The molecule has 1 unspecified atom stereocenters. The molecule has 0 aromatic heterocycles. The third-order valence-electron chi connectivity index (χ3n) is 2.36. The summed E-state index contributed by atoms with van der Waals surface area (Å²) in [5.74, 6) is 0.970. The van der Waals surface area contributed by atoms with Crippen LogP contribution in [0.5, 0.6) is 11.5 Å². The molecule has 0 saturated heterocycles. The molecule has 0 amide bonds. The van der Waals surface area contributed by atoms with Crippen LogP contribution in [0.3, 0.4) is 0 Å². The van der Waals surface area contributed by atoms with Gasteiger partial charge >= 0.3 is 0 Å². The summed E-state index contributed by atoms with van der Waals surface area (Å²) >= 11 is 3.24. The molecule has 1 rings (SSSR count). The molecule has 0 aliphatic rings. The Labute approximate surface area is 98.4 Å². The molecule has 3 N–H and O–H groups in total. The summed E-state index contributed by atoms with van der Waals surface area (Å²) in [5.41, 5.74) is 6.81. The van der Waals surface area contributed by atoms with Gasteiger partial charge in [-0.25, -0.2) is 0 Å². The summed E-state index contributed by atoms with van der Waals surface area (Å²) in [4.78, 5) is 0. The van der Waals surface area contributed by atoms with Gasteiger partial charge in [-0.1, -0.05) is 6.92 Å². The highest BCUT2D eigenvalue weighted by Crippen LogP contribution is 2.32. The van der Waals surface area contributed by atoms with Crippen LogP contribution in [-0.2, 0) is 6.42 Å². The zero-order valence-corrected chi connectivity index (χ0v) is 10.5. The Morgan fingerprint density at radius 2 is 2.20 bits per heavy atom. The van der Waals surface area contributed by atoms with Crippen LogP contribution in [0.2, 0.25) is 0 Å². The van der Waals surface area contributed by atoms with Crippen LogP contribution in [0.15, 0.2) is 16.6 Å². The molecule has 4 heteroatoms. The summed E-state index contributed by atoms with van der Waals surface area (Å²) in [6.45, 7) is 2.04. The van der Waals surface area contributed by atoms with Crippen molar-refractivity contribution in [3.8, 4) is 11.5 Å². The number of nitrogens with two attached hydrogens (primary N) is 1. The number of hydrogen-bond acceptors (Lipinski definition) is 3. The van der Waals surface area contributed by atoms with E-state index < -0.39 is 0 Å². The minimum atomic E-state index is 0.0967. The number of ether oxygens (including phenoxy) is 1. The van der Waals surface area contributed by atoms with E-state index in [1.54, 1.807) is 19.2 Å². The second-order valence-electron chi connectivity index (χ2n) is 3.49. The van der Waals surface area contributed by atoms with E-state index in [4.69, 9.17) is 10.5 Å². The predicted octanol–water partition coefficient (Wildman–Crippen LogP) is 2.44. The van der Waals surface area contributed by atoms with Crippen LogP contribution in [0.4, 0.5) is 0 Å². The zero-order chi connectivity index (χ0) is 11.4. The lowest BCUT2D eigenvalue weighted by atomic mass is 10.0. The van der Waals surface area contributed by atoms with E-state index in [1.165, 1.54) is 0 Å². The standard InChI is InChI=1S/C11H16BrNO2/c1-3-8(13)4-7-5-10(14)9(12)6-11(7)15-2/h5-6,8,14H,3-4,13H2,1-2H3. The fourth-order valence-corrected chi connectivity index (χ4v) is 1.69. The van der Waals surface area contributed by atoms with E-state index in [1.807, 2.05) is 6.92 Å². The molecule has 0 spiro atoms. The second kappa shape index (κ2) is 5.37. The van der Waals surface area contributed by atoms with Gasteiger partial charge in [-0.15, -0.1) is 0 Å². The van der Waals surface area contributed by atoms with Crippen molar-refractivity contribution >= 4 is 15.9 Å². The molecule has 0 bridgehead atoms. The van der Waals surface area contributed by atoms with Gasteiger partial charge in [0.05, 0.1) is 11.6 Å². The number of methoxy groups -OCH3 is 1. The molecule has 84 valence electrons. The highest BCUT2D eigenvalue weighted by molar-refractivity contribution is 9.10. The molecule has 0 heterocycles. The molecule has 15 heavy (non-hydrogen) atoms. The Bertz CT molecular complexity index is 342. The zero-order valence-electron chi connectivity index (χ0n) is 8.96. The number of phenols is 1. The average Bonchev–Trinajstić information content (AvgIpc) is 2.22. The van der Waals surface area contributed by atoms with E-state index >= 15 is 0 Å². The molecule has 0 aliphatic heterocycles. The molecule has 3 nitrogen and oxygen atoms in total. The van der Waals surface area contributed by atoms with Gasteiger partial charge in [0.25, 0.3) is 0 Å². The van der Waals surface area contributed by atoms with Gasteiger partial charge in [-0.2, -0.15) is 0 Å². The van der Waals surface area contributed by atoms with Gasteiger partial charge < -0.3 is 15.6 Å². The Morgan fingerprint density at radius 3 is 2.73 bits per heavy atom. The lowest BCUT2D eigenvalue weighted by Gasteiger charge is -2.13. The molecule has 1 aromatic carbocycles. The quantitative estimate of drug-likeness (QED) is 0.886. The van der Waals surface area contributed by atoms with Gasteiger partial charge in [0.2, 0.25) is 0 Å². The van der Waals surface area contributed by atoms with Gasteiger partial charge in [0, 0.05) is 6.04 Å². The van der Waals surface area contributed by atoms with Crippen LogP contribution < -0.4 is 10.5 Å². The summed E-state index contributed by atoms with van der Waals surface area (Å²) in [5, 5.41) is 9.56. The first-order valence-corrected chi connectivity index (χ1v) is 5.68. The van der Waals surface area contributed by atoms with E-state index in [9.17, 15) is 5.11 Å². The maximum Gasteiger partial charge on any atom is 0.130 e. The molecule has 0 fully saturated rings. The molecule has 0 saturated carbocycles. The van der Waals surface area contributed by atoms with Gasteiger partial charge in [-0.3, -0.25) is 0 Å². The molecule has 0 radical (unpaired) electrons. The first-order chi connectivity index (χ1) is 7.08. The SMILES string of the molecule is CCC(N)Cc1cc(O)c(Br)cc1OC. The first-order valence-electron chi connectivity index (χ1n) is 4.89. The molecular weight excluding hydrogens is 258 g/mol. The van der Waals surface area contributed by atoms with Crippen LogP contribution in [-0.4, -0.2) is 18.3 Å². The van der Waals surface area contributed by atoms with Gasteiger partial charge in [-0.05, 0) is 46.5 Å². The van der Waals surface area contributed by atoms with Crippen molar-refractivity contribution in [3.05, 3.63) is 22.2 Å². The smallest absolute Gasteiger partial charge is 0.130 e. The van der Waals surface area contributed by atoms with Crippen LogP contribution in [0.25, 0.3) is 0 Å². The lowest BCUT2D eigenvalue weighted by molar-refractivity contribution is 0.403. The molecular formula is C11H16BrNO2. The van der Waals surface area contributed by atoms with Crippen LogP contribution >= 0.6 is 15.9 Å². The number of hydrogen-bond donors (Lipinski definition) is 2. The van der Waals surface area contributed by atoms with Crippen LogP contribution in [0.1, 0.15) is 18.9 Å². The Kier molecular flexibility index (Phi) is 4.42. The third-order valence-corrected chi connectivity index (χ3v) is 2.99. The number of rotatable bonds is 4. The van der Waals surface area contributed by atoms with Crippen molar-refractivity contribution in [1.29, 1.82) is 0 Å². The van der Waals surface area contributed by atoms with E-state index in [2.05, 4.69) is 15.9 Å². The largest absolute Gasteiger partial charge is 0.507 e. The number of halogens is 1. The lowest BCUT2D eigenvalue weighted by Crippen LogP contribution is -2.21. The minimum Gasteiger partial charge on any atom is -0.507 e. The van der Waals surface area contributed by atoms with E-state index in [-0.39, 0.29) is 11.8 Å². The minimum absolute atomic E-state index is 0.0967. The maximum atomic E-state index is 9.56. The predicted molar refractivity (Wildman–Crippen MR) is 64.3 cm³/mol. The van der Waals surface area contributed by atoms with Crippen molar-refractivity contribution in [3.63, 3.8) is 0 Å². The first kappa shape index (κ1) is 12.3. The monoisotopic (exact) mass is 273 g/mol. The Balaban J connectivity index is 2.99. The van der Waals surface area contributed by atoms with Crippen molar-refractivity contribution in [2.45, 2.75) is 25.8 Å². The van der Waals surface area contributed by atoms with Crippen molar-refractivity contribution in [2.75, 3.05) is 7.11 Å². The van der Waals surface area contributed by atoms with Crippen molar-refractivity contribution < 1.29 is 9.84 Å². The number of benzene rings is 1. The highest BCUT2D eigenvalue weighted by Gasteiger charge is 2.10. The maximum absolute atomic E-state index is 9.56. The highest BCUT2D eigenvalue weighted by atomic mass is 79.9. The van der Waals surface area contributed by atoms with Crippen molar-refractivity contribution in [2.24, 2.45) is 5.73 Å². The normalized spacial score (nSPS) is 12.5. The molecule has 1 aromatic rings. The van der Waals surface area contributed by atoms with E-state index in [0.717, 1.165) is 17.7 Å². The third kappa shape index (κ3) is 3.11. The number of phenolic OH excluding ortho intramolecular Hbond substituents is 1. The average molecular weight is 274 g/mol. The molecule has 1 atom stereocenters. The van der Waals surface area contributed by atoms with Crippen molar-refractivity contribution in [1.82, 2.24) is 0 Å². The van der Waals surface area contributed by atoms with Gasteiger partial charge in [0.1, 0.15) is 11.5 Å². The molecule has 0 aliphatic carbocycles. The number of aromatic hydroxyl groups is 1. The van der Waals surface area contributed by atoms with Crippen LogP contribution in [0, 0.1) is 0 Å². The second-order valence-corrected chi connectivity index (χ2v) is 4.34.